The molecule has 0 amide bonds. The molecule has 2 aromatic carbocycles. The van der Waals surface area contributed by atoms with Crippen molar-refractivity contribution in [1.82, 2.24) is 9.55 Å². The van der Waals surface area contributed by atoms with Crippen LogP contribution >= 0.6 is 22.6 Å². The van der Waals surface area contributed by atoms with E-state index in [0.717, 1.165) is 18.8 Å². The molecule has 1 heterocycles. The lowest BCUT2D eigenvalue weighted by atomic mass is 10.1. The molecule has 2 nitrogen and oxygen atoms in total. The summed E-state index contributed by atoms with van der Waals surface area (Å²) in [6.45, 7) is 0.949. The van der Waals surface area contributed by atoms with Gasteiger partial charge in [-0.2, -0.15) is 0 Å². The second kappa shape index (κ2) is 6.22. The molecular weight excluding hydrogens is 359 g/mol. The predicted molar refractivity (Wildman–Crippen MR) is 90.5 cm³/mol. The topological polar surface area (TPSA) is 17.8 Å². The molecule has 0 aliphatic heterocycles. The minimum atomic E-state index is 0.949. The fourth-order valence-corrected chi connectivity index (χ4v) is 2.81. The quantitative estimate of drug-likeness (QED) is 0.619. The number of rotatable bonds is 4. The van der Waals surface area contributed by atoms with Crippen molar-refractivity contribution in [2.45, 2.75) is 13.0 Å². The summed E-state index contributed by atoms with van der Waals surface area (Å²) in [6.07, 6.45) is 4.95. The summed E-state index contributed by atoms with van der Waals surface area (Å²) < 4.78 is 3.45. The monoisotopic (exact) mass is 374 g/mol. The molecule has 0 aliphatic rings. The number of hydrogen-bond donors (Lipinski definition) is 0. The molecule has 3 rings (SSSR count). The van der Waals surface area contributed by atoms with Crippen molar-refractivity contribution < 1.29 is 0 Å². The van der Waals surface area contributed by atoms with Gasteiger partial charge in [0.1, 0.15) is 5.82 Å². The van der Waals surface area contributed by atoms with Crippen LogP contribution in [0.25, 0.3) is 11.4 Å². The van der Waals surface area contributed by atoms with E-state index < -0.39 is 0 Å². The van der Waals surface area contributed by atoms with Crippen LogP contribution in [-0.4, -0.2) is 9.55 Å². The largest absolute Gasteiger partial charge is 0.331 e. The number of halogens is 1. The van der Waals surface area contributed by atoms with E-state index in [2.05, 4.69) is 92.9 Å². The van der Waals surface area contributed by atoms with Gasteiger partial charge in [-0.15, -0.1) is 0 Å². The highest BCUT2D eigenvalue weighted by atomic mass is 127. The van der Waals surface area contributed by atoms with Crippen molar-refractivity contribution in [1.29, 1.82) is 0 Å². The Hall–Kier alpha value is -1.62. The van der Waals surface area contributed by atoms with E-state index in [1.165, 1.54) is 14.7 Å². The van der Waals surface area contributed by atoms with E-state index in [4.69, 9.17) is 0 Å². The number of aryl methyl sites for hydroxylation is 2. The van der Waals surface area contributed by atoms with Gasteiger partial charge in [-0.3, -0.25) is 0 Å². The standard InChI is InChI=1S/C17H15IN2/c18-16-8-4-7-15(13-16)17-19-10-12-20(17)11-9-14-5-2-1-3-6-14/h1-8,10,12-13H,9,11H2. The van der Waals surface area contributed by atoms with Crippen molar-refractivity contribution in [3.63, 3.8) is 0 Å². The number of aromatic nitrogens is 2. The lowest BCUT2D eigenvalue weighted by Crippen LogP contribution is -2.02. The van der Waals surface area contributed by atoms with Gasteiger partial charge in [-0.05, 0) is 46.7 Å². The van der Waals surface area contributed by atoms with Gasteiger partial charge >= 0.3 is 0 Å². The molecule has 100 valence electrons. The lowest BCUT2D eigenvalue weighted by Gasteiger charge is -2.08. The highest BCUT2D eigenvalue weighted by molar-refractivity contribution is 14.1. The predicted octanol–water partition coefficient (Wildman–Crippen LogP) is 4.40. The summed E-state index contributed by atoms with van der Waals surface area (Å²) in [7, 11) is 0. The molecule has 20 heavy (non-hydrogen) atoms. The van der Waals surface area contributed by atoms with Crippen LogP contribution in [0.2, 0.25) is 0 Å². The zero-order chi connectivity index (χ0) is 13.8. The summed E-state index contributed by atoms with van der Waals surface area (Å²) in [5.41, 5.74) is 2.53. The van der Waals surface area contributed by atoms with Gasteiger partial charge in [0.2, 0.25) is 0 Å². The SMILES string of the molecule is Ic1cccc(-c2nccn2CCc2ccccc2)c1. The van der Waals surface area contributed by atoms with Gasteiger partial charge in [0.15, 0.2) is 0 Å². The normalized spacial score (nSPS) is 10.7. The van der Waals surface area contributed by atoms with Crippen LogP contribution < -0.4 is 0 Å². The molecule has 0 spiro atoms. The molecule has 0 atom stereocenters. The maximum Gasteiger partial charge on any atom is 0.139 e. The molecule has 0 saturated carbocycles. The highest BCUT2D eigenvalue weighted by Gasteiger charge is 2.06. The fourth-order valence-electron chi connectivity index (χ4n) is 2.27. The van der Waals surface area contributed by atoms with E-state index in [0.29, 0.717) is 0 Å². The summed E-state index contributed by atoms with van der Waals surface area (Å²) in [6, 6.07) is 19.0. The van der Waals surface area contributed by atoms with Gasteiger partial charge in [-0.1, -0.05) is 42.5 Å². The van der Waals surface area contributed by atoms with Crippen LogP contribution in [0.1, 0.15) is 5.56 Å². The molecule has 1 aromatic heterocycles. The van der Waals surface area contributed by atoms with Crippen molar-refractivity contribution in [3.05, 3.63) is 76.1 Å². The van der Waals surface area contributed by atoms with Crippen molar-refractivity contribution in [3.8, 4) is 11.4 Å². The number of hydrogen-bond acceptors (Lipinski definition) is 1. The second-order valence-electron chi connectivity index (χ2n) is 4.69. The van der Waals surface area contributed by atoms with Crippen LogP contribution in [0.4, 0.5) is 0 Å². The maximum atomic E-state index is 4.50. The van der Waals surface area contributed by atoms with E-state index in [-0.39, 0.29) is 0 Å². The molecule has 0 fully saturated rings. The Morgan fingerprint density at radius 3 is 2.65 bits per heavy atom. The smallest absolute Gasteiger partial charge is 0.139 e. The first kappa shape index (κ1) is 13.4. The van der Waals surface area contributed by atoms with Crippen LogP contribution in [0.5, 0.6) is 0 Å². The Morgan fingerprint density at radius 2 is 1.85 bits per heavy atom. The second-order valence-corrected chi connectivity index (χ2v) is 5.94. The fraction of sp³-hybridized carbons (Fsp3) is 0.118. The maximum absolute atomic E-state index is 4.50. The summed E-state index contributed by atoms with van der Waals surface area (Å²) >= 11 is 2.34. The minimum Gasteiger partial charge on any atom is -0.331 e. The first-order valence-electron chi connectivity index (χ1n) is 6.64. The van der Waals surface area contributed by atoms with Gasteiger partial charge in [-0.25, -0.2) is 4.98 Å². The zero-order valence-electron chi connectivity index (χ0n) is 11.0. The van der Waals surface area contributed by atoms with E-state index in [1.54, 1.807) is 0 Å². The molecule has 0 radical (unpaired) electrons. The third kappa shape index (κ3) is 3.10. The van der Waals surface area contributed by atoms with E-state index in [9.17, 15) is 0 Å². The molecule has 3 heteroatoms. The minimum absolute atomic E-state index is 0.949. The number of nitrogens with zero attached hydrogens (tertiary/aromatic N) is 2. The Labute approximate surface area is 132 Å². The van der Waals surface area contributed by atoms with Gasteiger partial charge < -0.3 is 4.57 Å². The third-order valence-corrected chi connectivity index (χ3v) is 3.95. The van der Waals surface area contributed by atoms with E-state index >= 15 is 0 Å². The first-order valence-corrected chi connectivity index (χ1v) is 7.72. The zero-order valence-corrected chi connectivity index (χ0v) is 13.2. The number of benzene rings is 2. The van der Waals surface area contributed by atoms with Crippen LogP contribution in [0.15, 0.2) is 67.0 Å². The van der Waals surface area contributed by atoms with Gasteiger partial charge in [0.25, 0.3) is 0 Å². The van der Waals surface area contributed by atoms with Crippen LogP contribution in [0, 0.1) is 3.57 Å². The first-order chi connectivity index (χ1) is 9.83. The van der Waals surface area contributed by atoms with Crippen LogP contribution in [-0.2, 0) is 13.0 Å². The number of imidazole rings is 1. The molecule has 3 aromatic rings. The molecule has 0 unspecified atom stereocenters. The summed E-state index contributed by atoms with van der Waals surface area (Å²) in [5.74, 6) is 1.04. The van der Waals surface area contributed by atoms with Crippen molar-refractivity contribution >= 4 is 22.6 Å². The lowest BCUT2D eigenvalue weighted by molar-refractivity contribution is 0.703. The molecule has 0 bridgehead atoms. The average molecular weight is 374 g/mol. The Morgan fingerprint density at radius 1 is 1.00 bits per heavy atom. The van der Waals surface area contributed by atoms with Crippen molar-refractivity contribution in [2.24, 2.45) is 0 Å². The molecule has 0 saturated heterocycles. The van der Waals surface area contributed by atoms with E-state index in [1.807, 2.05) is 6.20 Å². The molecule has 0 aliphatic carbocycles. The third-order valence-electron chi connectivity index (χ3n) is 3.28. The summed E-state index contributed by atoms with van der Waals surface area (Å²) in [5, 5.41) is 0. The Kier molecular flexibility index (Phi) is 4.16. The molecule has 0 N–H and O–H groups in total. The Bertz CT molecular complexity index is 689. The molecular formula is C17H15IN2. The van der Waals surface area contributed by atoms with Gasteiger partial charge in [0, 0.05) is 28.1 Å². The Balaban J connectivity index is 1.80. The van der Waals surface area contributed by atoms with Gasteiger partial charge in [0.05, 0.1) is 0 Å². The van der Waals surface area contributed by atoms with Crippen molar-refractivity contribution in [2.75, 3.05) is 0 Å². The average Bonchev–Trinajstić information content (AvgIpc) is 2.95. The van der Waals surface area contributed by atoms with Crippen LogP contribution in [0.3, 0.4) is 0 Å². The summed E-state index contributed by atoms with van der Waals surface area (Å²) in [4.78, 5) is 4.50. The highest BCUT2D eigenvalue weighted by Crippen LogP contribution is 2.20.